The molecule has 0 saturated heterocycles. The van der Waals surface area contributed by atoms with Gasteiger partial charge in [-0.15, -0.1) is 0 Å². The molecule has 0 aromatic heterocycles. The van der Waals surface area contributed by atoms with Gasteiger partial charge in [0.15, 0.2) is 0 Å². The van der Waals surface area contributed by atoms with Gasteiger partial charge in [-0.05, 0) is 24.3 Å². The summed E-state index contributed by atoms with van der Waals surface area (Å²) in [4.78, 5) is 34.0. The van der Waals surface area contributed by atoms with E-state index in [2.05, 4.69) is 20.7 Å². The number of ether oxygens (including phenoxy) is 2. The Morgan fingerprint density at radius 2 is 1.87 bits per heavy atom. The average molecular weight is 380 g/mol. The summed E-state index contributed by atoms with van der Waals surface area (Å²) in [7, 11) is 1.20. The van der Waals surface area contributed by atoms with Crippen molar-refractivity contribution < 1.29 is 24.0 Å². The Morgan fingerprint density at radius 3 is 2.52 bits per heavy atom. The van der Waals surface area contributed by atoms with E-state index in [4.69, 9.17) is 4.74 Å². The molecule has 2 rings (SSSR count). The molecule has 0 aliphatic carbocycles. The fourth-order valence-electron chi connectivity index (χ4n) is 1.77. The van der Waals surface area contributed by atoms with Gasteiger partial charge in [-0.1, -0.05) is 22.0 Å². The third-order valence-electron chi connectivity index (χ3n) is 2.84. The second-order valence-electron chi connectivity index (χ2n) is 4.33. The van der Waals surface area contributed by atoms with E-state index in [1.807, 2.05) is 0 Å². The third kappa shape index (κ3) is 3.92. The van der Waals surface area contributed by atoms with Gasteiger partial charge in [0, 0.05) is 16.6 Å². The Labute approximate surface area is 139 Å². The van der Waals surface area contributed by atoms with Crippen molar-refractivity contribution in [3.05, 3.63) is 68.2 Å². The van der Waals surface area contributed by atoms with Crippen LogP contribution in [-0.4, -0.2) is 24.0 Å². The molecule has 2 aromatic carbocycles. The van der Waals surface area contributed by atoms with Crippen molar-refractivity contribution in [3.8, 4) is 5.75 Å². The second kappa shape index (κ2) is 7.01. The van der Waals surface area contributed by atoms with Gasteiger partial charge in [-0.2, -0.15) is 0 Å². The lowest BCUT2D eigenvalue weighted by molar-refractivity contribution is -0.384. The number of non-ortho nitro benzene ring substituents is 1. The Bertz CT molecular complexity index is 789. The van der Waals surface area contributed by atoms with Crippen LogP contribution in [0.2, 0.25) is 0 Å². The minimum atomic E-state index is -0.818. The van der Waals surface area contributed by atoms with Gasteiger partial charge in [0.2, 0.25) is 0 Å². The molecule has 0 spiro atoms. The summed E-state index contributed by atoms with van der Waals surface area (Å²) in [6.07, 6.45) is 0. The van der Waals surface area contributed by atoms with E-state index in [1.54, 1.807) is 6.07 Å². The number of halogens is 1. The predicted octanol–water partition coefficient (Wildman–Crippen LogP) is 3.36. The molecule has 0 heterocycles. The smallest absolute Gasteiger partial charge is 0.343 e. The molecule has 0 N–H and O–H groups in total. The highest BCUT2D eigenvalue weighted by molar-refractivity contribution is 9.10. The molecule has 0 atom stereocenters. The molecule has 0 radical (unpaired) electrons. The molecule has 0 unspecified atom stereocenters. The van der Waals surface area contributed by atoms with E-state index in [1.165, 1.54) is 37.4 Å². The number of hydrogen-bond donors (Lipinski definition) is 0. The topological polar surface area (TPSA) is 95.7 Å². The fourth-order valence-corrected chi connectivity index (χ4v) is 2.13. The predicted molar refractivity (Wildman–Crippen MR) is 83.5 cm³/mol. The lowest BCUT2D eigenvalue weighted by Gasteiger charge is -2.09. The van der Waals surface area contributed by atoms with Crippen LogP contribution in [0.15, 0.2) is 46.9 Å². The van der Waals surface area contributed by atoms with Crippen molar-refractivity contribution in [2.45, 2.75) is 0 Å². The first-order valence-electron chi connectivity index (χ1n) is 6.27. The van der Waals surface area contributed by atoms with E-state index < -0.39 is 16.9 Å². The third-order valence-corrected chi connectivity index (χ3v) is 3.34. The number of carbonyl (C=O) groups excluding carboxylic acids is 2. The summed E-state index contributed by atoms with van der Waals surface area (Å²) in [6.45, 7) is 0. The van der Waals surface area contributed by atoms with Crippen LogP contribution >= 0.6 is 15.9 Å². The highest BCUT2D eigenvalue weighted by atomic mass is 79.9. The summed E-state index contributed by atoms with van der Waals surface area (Å²) in [5.41, 5.74) is -0.179. The van der Waals surface area contributed by atoms with Crippen LogP contribution in [0.3, 0.4) is 0 Å². The van der Waals surface area contributed by atoms with Crippen molar-refractivity contribution in [1.82, 2.24) is 0 Å². The number of carbonyl (C=O) groups is 2. The van der Waals surface area contributed by atoms with E-state index >= 15 is 0 Å². The number of nitro groups is 1. The molecular formula is C15H10BrNO6. The highest BCUT2D eigenvalue weighted by Crippen LogP contribution is 2.25. The molecule has 0 amide bonds. The van der Waals surface area contributed by atoms with Crippen LogP contribution in [-0.2, 0) is 4.74 Å². The number of benzene rings is 2. The van der Waals surface area contributed by atoms with Crippen molar-refractivity contribution in [2.75, 3.05) is 7.11 Å². The van der Waals surface area contributed by atoms with E-state index in [9.17, 15) is 19.7 Å². The zero-order valence-corrected chi connectivity index (χ0v) is 13.4. The maximum atomic E-state index is 12.1. The number of nitrogens with zero attached hydrogens (tertiary/aromatic N) is 1. The Hall–Kier alpha value is -2.74. The molecule has 0 aliphatic heterocycles. The molecule has 23 heavy (non-hydrogen) atoms. The number of hydrogen-bond acceptors (Lipinski definition) is 6. The maximum Gasteiger partial charge on any atom is 0.343 e. The highest BCUT2D eigenvalue weighted by Gasteiger charge is 2.19. The Balaban J connectivity index is 2.32. The molecule has 8 heteroatoms. The molecule has 0 fully saturated rings. The first kappa shape index (κ1) is 16.6. The summed E-state index contributed by atoms with van der Waals surface area (Å²) >= 11 is 3.21. The Morgan fingerprint density at radius 1 is 1.13 bits per heavy atom. The molecule has 118 valence electrons. The number of nitro benzene ring substituents is 1. The summed E-state index contributed by atoms with van der Waals surface area (Å²) in [6, 6.07) is 9.56. The SMILES string of the molecule is COC(=O)c1cc(Br)ccc1OC(=O)c1cccc([N+](=O)[O-])c1. The first-order chi connectivity index (χ1) is 10.9. The van der Waals surface area contributed by atoms with Gasteiger partial charge in [0.05, 0.1) is 17.6 Å². The molecule has 2 aromatic rings. The first-order valence-corrected chi connectivity index (χ1v) is 7.06. The summed E-state index contributed by atoms with van der Waals surface area (Å²) < 4.78 is 10.4. The van der Waals surface area contributed by atoms with E-state index in [0.29, 0.717) is 4.47 Å². The van der Waals surface area contributed by atoms with Gasteiger partial charge in [0.1, 0.15) is 11.3 Å². The van der Waals surface area contributed by atoms with Crippen LogP contribution in [0.1, 0.15) is 20.7 Å². The summed E-state index contributed by atoms with van der Waals surface area (Å²) in [5.74, 6) is -1.49. The molecular weight excluding hydrogens is 370 g/mol. The van der Waals surface area contributed by atoms with Gasteiger partial charge >= 0.3 is 11.9 Å². The van der Waals surface area contributed by atoms with Crippen molar-refractivity contribution in [2.24, 2.45) is 0 Å². The monoisotopic (exact) mass is 379 g/mol. The van der Waals surface area contributed by atoms with Crippen molar-refractivity contribution >= 4 is 33.6 Å². The minimum absolute atomic E-state index is 0.00191. The molecule has 0 saturated carbocycles. The normalized spacial score (nSPS) is 10.0. The van der Waals surface area contributed by atoms with Gasteiger partial charge in [-0.25, -0.2) is 9.59 Å². The zero-order valence-electron chi connectivity index (χ0n) is 11.8. The van der Waals surface area contributed by atoms with Crippen LogP contribution < -0.4 is 4.74 Å². The fraction of sp³-hybridized carbons (Fsp3) is 0.0667. The minimum Gasteiger partial charge on any atom is -0.465 e. The van der Waals surface area contributed by atoms with Crippen LogP contribution in [0, 0.1) is 10.1 Å². The van der Waals surface area contributed by atoms with Crippen molar-refractivity contribution in [3.63, 3.8) is 0 Å². The van der Waals surface area contributed by atoms with Crippen molar-refractivity contribution in [1.29, 1.82) is 0 Å². The van der Waals surface area contributed by atoms with Gasteiger partial charge in [-0.3, -0.25) is 10.1 Å². The number of rotatable bonds is 4. The Kier molecular flexibility index (Phi) is 5.07. The van der Waals surface area contributed by atoms with Crippen LogP contribution in [0.4, 0.5) is 5.69 Å². The average Bonchev–Trinajstić information content (AvgIpc) is 2.55. The van der Waals surface area contributed by atoms with Gasteiger partial charge < -0.3 is 9.47 Å². The van der Waals surface area contributed by atoms with E-state index in [0.717, 1.165) is 6.07 Å². The van der Waals surface area contributed by atoms with Crippen LogP contribution in [0.25, 0.3) is 0 Å². The van der Waals surface area contributed by atoms with Gasteiger partial charge in [0.25, 0.3) is 5.69 Å². The zero-order chi connectivity index (χ0) is 17.0. The maximum absolute atomic E-state index is 12.1. The van der Waals surface area contributed by atoms with Crippen LogP contribution in [0.5, 0.6) is 5.75 Å². The largest absolute Gasteiger partial charge is 0.465 e. The lowest BCUT2D eigenvalue weighted by atomic mass is 10.2. The second-order valence-corrected chi connectivity index (χ2v) is 5.24. The number of methoxy groups -OCH3 is 1. The molecule has 7 nitrogen and oxygen atoms in total. The summed E-state index contributed by atoms with van der Waals surface area (Å²) in [5, 5.41) is 10.7. The molecule has 0 aliphatic rings. The molecule has 0 bridgehead atoms. The van der Waals surface area contributed by atoms with E-state index in [-0.39, 0.29) is 22.6 Å². The standard InChI is InChI=1S/C15H10BrNO6/c1-22-15(19)12-8-10(16)5-6-13(12)23-14(18)9-3-2-4-11(7-9)17(20)21/h2-8H,1H3. The lowest BCUT2D eigenvalue weighted by Crippen LogP contribution is -2.12. The quantitative estimate of drug-likeness (QED) is 0.349. The number of esters is 2.